The third kappa shape index (κ3) is 4.30. The van der Waals surface area contributed by atoms with Crippen molar-refractivity contribution in [1.29, 1.82) is 0 Å². The molecule has 1 amide bonds. The van der Waals surface area contributed by atoms with Gasteiger partial charge in [-0.3, -0.25) is 4.18 Å². The molecule has 1 heterocycles. The molecule has 0 saturated heterocycles. The molecule has 1 aromatic rings. The monoisotopic (exact) mass is 325 g/mol. The van der Waals surface area contributed by atoms with Crippen LogP contribution in [0.5, 0.6) is 11.5 Å². The molecule has 0 spiro atoms. The van der Waals surface area contributed by atoms with E-state index in [2.05, 4.69) is 0 Å². The summed E-state index contributed by atoms with van der Waals surface area (Å²) in [6, 6.07) is 5.59. The fourth-order valence-electron chi connectivity index (χ4n) is 2.02. The van der Waals surface area contributed by atoms with Gasteiger partial charge in [-0.05, 0) is 40.7 Å². The fraction of sp³-hybridized carbons (Fsp3) is 0.562. The van der Waals surface area contributed by atoms with E-state index in [4.69, 9.17) is 13.7 Å². The highest BCUT2D eigenvalue weighted by atomic mass is 32.2. The van der Waals surface area contributed by atoms with Gasteiger partial charge in [0.25, 0.3) is 0 Å². The number of benzene rings is 1. The van der Waals surface area contributed by atoms with E-state index in [1.165, 1.54) is 4.31 Å². The highest BCUT2D eigenvalue weighted by molar-refractivity contribution is 7.92. The number of rotatable bonds is 3. The van der Waals surface area contributed by atoms with Crippen molar-refractivity contribution in [2.24, 2.45) is 0 Å². The van der Waals surface area contributed by atoms with Crippen molar-refractivity contribution in [2.45, 2.75) is 52.2 Å². The maximum atomic E-state index is 12.1. The molecular weight excluding hydrogens is 302 g/mol. The van der Waals surface area contributed by atoms with Gasteiger partial charge in [0.15, 0.2) is 11.5 Å². The number of hydrogen-bond acceptors (Lipinski definition) is 5. The Labute approximate surface area is 136 Å². The van der Waals surface area contributed by atoms with Crippen molar-refractivity contribution in [3.8, 4) is 11.5 Å². The second kappa shape index (κ2) is 6.01. The zero-order valence-corrected chi connectivity index (χ0v) is 14.7. The van der Waals surface area contributed by atoms with E-state index >= 15 is 0 Å². The molecule has 6 heteroatoms. The van der Waals surface area contributed by atoms with Crippen molar-refractivity contribution in [3.63, 3.8) is 0 Å². The lowest BCUT2D eigenvalue weighted by molar-refractivity contribution is 0.130. The van der Waals surface area contributed by atoms with Crippen LogP contribution < -0.4 is 9.47 Å². The van der Waals surface area contributed by atoms with Gasteiger partial charge in [0.05, 0.1) is 5.60 Å². The van der Waals surface area contributed by atoms with Crippen LogP contribution >= 0.6 is 12.2 Å². The van der Waals surface area contributed by atoms with Gasteiger partial charge in [-0.25, -0.2) is 9.10 Å². The van der Waals surface area contributed by atoms with Gasteiger partial charge >= 0.3 is 6.09 Å². The molecule has 1 aromatic carbocycles. The second-order valence-corrected chi connectivity index (χ2v) is 7.78. The molecule has 0 N–H and O–H groups in total. The van der Waals surface area contributed by atoms with E-state index in [1.54, 1.807) is 13.1 Å². The van der Waals surface area contributed by atoms with Gasteiger partial charge in [0.2, 0.25) is 0 Å². The van der Waals surface area contributed by atoms with E-state index in [1.807, 2.05) is 46.8 Å². The number of amides is 1. The molecule has 0 atom stereocenters. The summed E-state index contributed by atoms with van der Waals surface area (Å²) in [5.41, 5.74) is 0.429. The molecule has 122 valence electrons. The number of fused-ring (bicyclic) bond motifs is 1. The first-order valence-corrected chi connectivity index (χ1v) is 7.89. The van der Waals surface area contributed by atoms with Crippen LogP contribution in [0.4, 0.5) is 4.79 Å². The molecule has 5 nitrogen and oxygen atoms in total. The summed E-state index contributed by atoms with van der Waals surface area (Å²) < 4.78 is 18.1. The number of hydrogen-bond donors (Lipinski definition) is 0. The summed E-state index contributed by atoms with van der Waals surface area (Å²) >= 11 is 0.962. The second-order valence-electron chi connectivity index (χ2n) is 6.92. The quantitative estimate of drug-likeness (QED) is 0.615. The maximum Gasteiger partial charge on any atom is 0.426 e. The topological polar surface area (TPSA) is 48.0 Å². The van der Waals surface area contributed by atoms with Crippen LogP contribution in [0.1, 0.15) is 40.2 Å². The Morgan fingerprint density at radius 1 is 1.36 bits per heavy atom. The van der Waals surface area contributed by atoms with Crippen molar-refractivity contribution < 1.29 is 18.5 Å². The molecular formula is C16H23NO4S. The van der Waals surface area contributed by atoms with Crippen LogP contribution in [0.25, 0.3) is 0 Å². The first-order chi connectivity index (χ1) is 10.1. The minimum Gasteiger partial charge on any atom is -0.483 e. The van der Waals surface area contributed by atoms with Crippen molar-refractivity contribution in [2.75, 3.05) is 7.05 Å². The molecule has 0 unspecified atom stereocenters. The summed E-state index contributed by atoms with van der Waals surface area (Å²) in [4.78, 5) is 12.1. The summed E-state index contributed by atoms with van der Waals surface area (Å²) in [7, 11) is 1.60. The molecule has 0 aromatic heterocycles. The molecule has 22 heavy (non-hydrogen) atoms. The molecule has 0 aliphatic carbocycles. The van der Waals surface area contributed by atoms with E-state index in [9.17, 15) is 4.79 Å². The summed E-state index contributed by atoms with van der Waals surface area (Å²) in [6.45, 7) is 9.77. The average Bonchev–Trinajstić information content (AvgIpc) is 2.70. The molecule has 0 saturated carbocycles. The van der Waals surface area contributed by atoms with Crippen molar-refractivity contribution in [3.05, 3.63) is 23.8 Å². The van der Waals surface area contributed by atoms with Gasteiger partial charge < -0.3 is 9.47 Å². The molecule has 1 aliphatic rings. The number of carbonyl (C=O) groups is 1. The predicted octanol–water partition coefficient (Wildman–Crippen LogP) is 4.21. The largest absolute Gasteiger partial charge is 0.483 e. The normalized spacial score (nSPS) is 15.9. The smallest absolute Gasteiger partial charge is 0.426 e. The first-order valence-electron chi connectivity index (χ1n) is 7.20. The maximum absolute atomic E-state index is 12.1. The van der Waals surface area contributed by atoms with Crippen LogP contribution in [0.2, 0.25) is 0 Å². The fourth-order valence-corrected chi connectivity index (χ4v) is 2.46. The van der Waals surface area contributed by atoms with Crippen LogP contribution in [-0.4, -0.2) is 28.6 Å². The van der Waals surface area contributed by atoms with Gasteiger partial charge in [-0.15, -0.1) is 0 Å². The Balaban J connectivity index is 2.03. The lowest BCUT2D eigenvalue weighted by atomic mass is 10.0. The van der Waals surface area contributed by atoms with E-state index < -0.39 is 6.09 Å². The highest BCUT2D eigenvalue weighted by Crippen LogP contribution is 2.42. The van der Waals surface area contributed by atoms with E-state index in [-0.39, 0.29) is 11.2 Å². The minimum absolute atomic E-state index is 0.277. The van der Waals surface area contributed by atoms with Gasteiger partial charge in [0, 0.05) is 19.0 Å². The van der Waals surface area contributed by atoms with Crippen molar-refractivity contribution >= 4 is 18.3 Å². The Morgan fingerprint density at radius 3 is 2.68 bits per heavy atom. The first kappa shape index (κ1) is 17.0. The zero-order valence-electron chi connectivity index (χ0n) is 13.9. The van der Waals surface area contributed by atoms with Crippen LogP contribution in [0.3, 0.4) is 0 Å². The predicted molar refractivity (Wildman–Crippen MR) is 87.1 cm³/mol. The molecule has 1 aliphatic heterocycles. The van der Waals surface area contributed by atoms with Gasteiger partial charge in [-0.2, -0.15) is 0 Å². The number of nitrogens with zero attached hydrogens (tertiary/aromatic N) is 1. The van der Waals surface area contributed by atoms with Gasteiger partial charge in [-0.1, -0.05) is 12.1 Å². The highest BCUT2D eigenvalue weighted by Gasteiger charge is 2.33. The lowest BCUT2D eigenvalue weighted by Gasteiger charge is -2.22. The number of carbonyl (C=O) groups excluding carboxylic acids is 1. The molecule has 0 radical (unpaired) electrons. The minimum atomic E-state index is -0.504. The number of ether oxygens (including phenoxy) is 2. The molecule has 2 rings (SSSR count). The van der Waals surface area contributed by atoms with Crippen LogP contribution in [-0.2, 0) is 10.6 Å². The Morgan fingerprint density at radius 2 is 2.05 bits per heavy atom. The SMILES string of the molecule is CN(SOC(C)(C)C)C(=O)Oc1cccc2c1OC(C)(C)C2. The summed E-state index contributed by atoms with van der Waals surface area (Å²) in [6.07, 6.45) is 0.293. The molecule has 0 fully saturated rings. The number of para-hydroxylation sites is 1. The van der Waals surface area contributed by atoms with E-state index in [0.29, 0.717) is 11.5 Å². The average molecular weight is 325 g/mol. The Bertz CT molecular complexity index is 566. The lowest BCUT2D eigenvalue weighted by Crippen LogP contribution is -2.27. The standard InChI is InChI=1S/C16H23NO4S/c1-15(2,3)21-22-17(6)14(18)19-12-9-7-8-11-10-16(4,5)20-13(11)12/h7-9H,10H2,1-6H3. The van der Waals surface area contributed by atoms with Crippen molar-refractivity contribution in [1.82, 2.24) is 4.31 Å². The van der Waals surface area contributed by atoms with Gasteiger partial charge in [0.1, 0.15) is 17.8 Å². The Kier molecular flexibility index (Phi) is 4.63. The molecule has 0 bridgehead atoms. The van der Waals surface area contributed by atoms with Crippen LogP contribution in [0.15, 0.2) is 18.2 Å². The third-order valence-electron chi connectivity index (χ3n) is 2.91. The summed E-state index contributed by atoms with van der Waals surface area (Å²) in [5.74, 6) is 1.09. The van der Waals surface area contributed by atoms with E-state index in [0.717, 1.165) is 24.2 Å². The summed E-state index contributed by atoms with van der Waals surface area (Å²) in [5, 5.41) is 0. The van der Waals surface area contributed by atoms with Crippen LogP contribution in [0, 0.1) is 0 Å². The zero-order chi connectivity index (χ0) is 16.5. The third-order valence-corrected chi connectivity index (χ3v) is 3.86. The Hall–Kier alpha value is -1.40.